The zero-order chi connectivity index (χ0) is 13.9. The molecular formula is C15H22N2O2S. The first-order chi connectivity index (χ1) is 9.74. The molecule has 1 saturated carbocycles. The molecule has 0 bridgehead atoms. The van der Waals surface area contributed by atoms with Gasteiger partial charge >= 0.3 is 0 Å². The van der Waals surface area contributed by atoms with Crippen molar-refractivity contribution in [1.29, 1.82) is 0 Å². The number of aliphatic hydroxyl groups is 1. The minimum absolute atomic E-state index is 0.0341. The molecule has 1 aromatic rings. The fraction of sp³-hybridized carbons (Fsp3) is 0.667. The average Bonchev–Trinajstić information content (AvgIpc) is 3.17. The second-order valence-corrected chi connectivity index (χ2v) is 6.88. The smallest absolute Gasteiger partial charge is 0.237 e. The lowest BCUT2D eigenvalue weighted by atomic mass is 9.96. The van der Waals surface area contributed by atoms with Crippen molar-refractivity contribution in [2.75, 3.05) is 6.54 Å². The number of amides is 1. The molecule has 4 nitrogen and oxygen atoms in total. The quantitative estimate of drug-likeness (QED) is 0.794. The van der Waals surface area contributed by atoms with E-state index in [2.05, 4.69) is 22.1 Å². The van der Waals surface area contributed by atoms with Crippen molar-refractivity contribution in [2.45, 2.75) is 50.3 Å². The number of nitrogens with one attached hydrogen (secondary N) is 2. The maximum absolute atomic E-state index is 12.4. The summed E-state index contributed by atoms with van der Waals surface area (Å²) in [7, 11) is 0. The summed E-state index contributed by atoms with van der Waals surface area (Å²) in [4.78, 5) is 13.6. The van der Waals surface area contributed by atoms with Crippen molar-refractivity contribution in [3.63, 3.8) is 0 Å². The summed E-state index contributed by atoms with van der Waals surface area (Å²) in [6, 6.07) is 4.06. The minimum Gasteiger partial charge on any atom is -0.392 e. The molecule has 1 aliphatic carbocycles. The van der Waals surface area contributed by atoms with Crippen LogP contribution in [0, 0.1) is 5.92 Å². The van der Waals surface area contributed by atoms with Gasteiger partial charge in [0.2, 0.25) is 5.91 Å². The molecular weight excluding hydrogens is 272 g/mol. The van der Waals surface area contributed by atoms with Crippen LogP contribution in [0.2, 0.25) is 0 Å². The Kier molecular flexibility index (Phi) is 4.38. The topological polar surface area (TPSA) is 61.4 Å². The van der Waals surface area contributed by atoms with E-state index < -0.39 is 6.10 Å². The molecule has 2 aliphatic rings. The lowest BCUT2D eigenvalue weighted by Crippen LogP contribution is -2.43. The molecule has 1 amide bonds. The Morgan fingerprint density at radius 3 is 2.85 bits per heavy atom. The van der Waals surface area contributed by atoms with Gasteiger partial charge in [-0.05, 0) is 36.6 Å². The van der Waals surface area contributed by atoms with Crippen LogP contribution in [0.25, 0.3) is 0 Å². The van der Waals surface area contributed by atoms with Crippen molar-refractivity contribution in [3.05, 3.63) is 22.4 Å². The van der Waals surface area contributed by atoms with Gasteiger partial charge in [-0.25, -0.2) is 0 Å². The lowest BCUT2D eigenvalue weighted by Gasteiger charge is -2.25. The second kappa shape index (κ2) is 6.24. The Hall–Kier alpha value is -0.910. The molecule has 0 radical (unpaired) electrons. The summed E-state index contributed by atoms with van der Waals surface area (Å²) < 4.78 is 0. The van der Waals surface area contributed by atoms with Gasteiger partial charge in [0.1, 0.15) is 0 Å². The minimum atomic E-state index is -0.391. The van der Waals surface area contributed by atoms with Gasteiger partial charge in [-0.3, -0.25) is 4.79 Å². The zero-order valence-electron chi connectivity index (χ0n) is 11.5. The van der Waals surface area contributed by atoms with Crippen molar-refractivity contribution in [3.8, 4) is 0 Å². The van der Waals surface area contributed by atoms with Crippen LogP contribution in [0.3, 0.4) is 0 Å². The van der Waals surface area contributed by atoms with Crippen LogP contribution < -0.4 is 10.6 Å². The summed E-state index contributed by atoms with van der Waals surface area (Å²) in [6.07, 6.45) is 5.06. The number of β-amino-alcohol motifs (C(OH)–C–C–N with tert-alkyl or cyclic N) is 1. The number of carbonyl (C=O) groups is 1. The Bertz CT molecular complexity index is 443. The standard InChI is InChI=1S/C15H22N2O2S/c18-11-8-12(16-9-11)15(19)17-14(10-4-1-2-5-10)13-6-3-7-20-13/h3,6-7,10-12,14,16,18H,1-2,4-5,8-9H2,(H,17,19). The molecule has 110 valence electrons. The van der Waals surface area contributed by atoms with Gasteiger partial charge in [0.05, 0.1) is 18.2 Å². The highest BCUT2D eigenvalue weighted by Gasteiger charge is 2.33. The van der Waals surface area contributed by atoms with E-state index in [4.69, 9.17) is 0 Å². The van der Waals surface area contributed by atoms with E-state index in [0.717, 1.165) is 0 Å². The van der Waals surface area contributed by atoms with Crippen LogP contribution in [0.5, 0.6) is 0 Å². The first-order valence-electron chi connectivity index (χ1n) is 7.49. The van der Waals surface area contributed by atoms with E-state index in [-0.39, 0.29) is 18.0 Å². The summed E-state index contributed by atoms with van der Waals surface area (Å²) in [5.41, 5.74) is 0. The van der Waals surface area contributed by atoms with Gasteiger partial charge in [-0.15, -0.1) is 11.3 Å². The molecule has 3 unspecified atom stereocenters. The van der Waals surface area contributed by atoms with Gasteiger partial charge in [0.25, 0.3) is 0 Å². The molecule has 2 fully saturated rings. The Labute approximate surface area is 123 Å². The molecule has 5 heteroatoms. The van der Waals surface area contributed by atoms with E-state index in [0.29, 0.717) is 18.9 Å². The molecule has 0 aromatic carbocycles. The van der Waals surface area contributed by atoms with E-state index >= 15 is 0 Å². The van der Waals surface area contributed by atoms with Crippen LogP contribution in [0.4, 0.5) is 0 Å². The molecule has 3 atom stereocenters. The van der Waals surface area contributed by atoms with Crippen molar-refractivity contribution in [1.82, 2.24) is 10.6 Å². The molecule has 2 heterocycles. The molecule has 3 N–H and O–H groups in total. The first-order valence-corrected chi connectivity index (χ1v) is 8.37. The van der Waals surface area contributed by atoms with Gasteiger partial charge in [-0.1, -0.05) is 18.9 Å². The number of aliphatic hydroxyl groups excluding tert-OH is 1. The highest BCUT2D eigenvalue weighted by Crippen LogP contribution is 2.37. The van der Waals surface area contributed by atoms with Crippen molar-refractivity contribution < 1.29 is 9.90 Å². The summed E-state index contributed by atoms with van der Waals surface area (Å²) in [5.74, 6) is 0.593. The van der Waals surface area contributed by atoms with E-state index in [9.17, 15) is 9.90 Å². The molecule has 20 heavy (non-hydrogen) atoms. The molecule has 1 aromatic heterocycles. The monoisotopic (exact) mass is 294 g/mol. The number of hydrogen-bond donors (Lipinski definition) is 3. The van der Waals surface area contributed by atoms with Crippen LogP contribution in [-0.4, -0.2) is 29.7 Å². The van der Waals surface area contributed by atoms with Gasteiger partial charge < -0.3 is 15.7 Å². The lowest BCUT2D eigenvalue weighted by molar-refractivity contribution is -0.124. The third kappa shape index (κ3) is 3.05. The van der Waals surface area contributed by atoms with Crippen LogP contribution in [0.15, 0.2) is 17.5 Å². The maximum Gasteiger partial charge on any atom is 0.237 e. The average molecular weight is 294 g/mol. The predicted octanol–water partition coefficient (Wildman–Crippen LogP) is 1.82. The Morgan fingerprint density at radius 2 is 2.25 bits per heavy atom. The number of hydrogen-bond acceptors (Lipinski definition) is 4. The fourth-order valence-electron chi connectivity index (χ4n) is 3.35. The molecule has 0 spiro atoms. The highest BCUT2D eigenvalue weighted by atomic mass is 32.1. The SMILES string of the molecule is O=C(NC(c1cccs1)C1CCCC1)C1CC(O)CN1. The van der Waals surface area contributed by atoms with Crippen molar-refractivity contribution >= 4 is 17.2 Å². The molecule has 3 rings (SSSR count). The number of carbonyl (C=O) groups excluding carboxylic acids is 1. The number of thiophene rings is 1. The third-order valence-electron chi connectivity index (χ3n) is 4.44. The Balaban J connectivity index is 1.68. The molecule has 1 aliphatic heterocycles. The predicted molar refractivity (Wildman–Crippen MR) is 79.6 cm³/mol. The third-order valence-corrected chi connectivity index (χ3v) is 5.40. The highest BCUT2D eigenvalue weighted by molar-refractivity contribution is 7.10. The van der Waals surface area contributed by atoms with Crippen molar-refractivity contribution in [2.24, 2.45) is 5.92 Å². The zero-order valence-corrected chi connectivity index (χ0v) is 12.4. The summed E-state index contributed by atoms with van der Waals surface area (Å²) in [6.45, 7) is 0.519. The fourth-order valence-corrected chi connectivity index (χ4v) is 4.22. The summed E-state index contributed by atoms with van der Waals surface area (Å²) in [5, 5.41) is 17.9. The van der Waals surface area contributed by atoms with Gasteiger partial charge in [0.15, 0.2) is 0 Å². The normalized spacial score (nSPS) is 28.6. The van der Waals surface area contributed by atoms with E-state index in [1.54, 1.807) is 11.3 Å². The van der Waals surface area contributed by atoms with E-state index in [1.807, 2.05) is 6.07 Å². The van der Waals surface area contributed by atoms with Gasteiger partial charge in [0, 0.05) is 11.4 Å². The number of rotatable bonds is 4. The Morgan fingerprint density at radius 1 is 1.45 bits per heavy atom. The van der Waals surface area contributed by atoms with Crippen LogP contribution in [-0.2, 0) is 4.79 Å². The summed E-state index contributed by atoms with van der Waals surface area (Å²) >= 11 is 1.72. The largest absolute Gasteiger partial charge is 0.392 e. The van der Waals surface area contributed by atoms with Gasteiger partial charge in [-0.2, -0.15) is 0 Å². The second-order valence-electron chi connectivity index (χ2n) is 5.90. The maximum atomic E-state index is 12.4. The molecule has 1 saturated heterocycles. The van der Waals surface area contributed by atoms with Crippen LogP contribution in [0.1, 0.15) is 43.0 Å². The first kappa shape index (κ1) is 14.0. The van der Waals surface area contributed by atoms with Crippen LogP contribution >= 0.6 is 11.3 Å². The van der Waals surface area contributed by atoms with E-state index in [1.165, 1.54) is 30.6 Å².